The summed E-state index contributed by atoms with van der Waals surface area (Å²) in [5.41, 5.74) is 0. The summed E-state index contributed by atoms with van der Waals surface area (Å²) in [6.45, 7) is 3.99. The molecule has 0 saturated carbocycles. The second-order valence-corrected chi connectivity index (χ2v) is 9.37. The smallest absolute Gasteiger partial charge is 0.398 e. The Bertz CT molecular complexity index is 139. The van der Waals surface area contributed by atoms with Crippen LogP contribution in [0.4, 0.5) is 0 Å². The van der Waals surface area contributed by atoms with E-state index >= 15 is 0 Å². The molecule has 0 N–H and O–H groups in total. The van der Waals surface area contributed by atoms with E-state index in [0.29, 0.717) is 0 Å². The zero-order valence-electron chi connectivity index (χ0n) is 11.4. The van der Waals surface area contributed by atoms with Crippen molar-refractivity contribution in [1.82, 2.24) is 0 Å². The lowest BCUT2D eigenvalue weighted by molar-refractivity contribution is 0.0226. The number of hydrogen-bond donors (Lipinski definition) is 0. The minimum Gasteiger partial charge on any atom is -0.398 e. The molecule has 0 rings (SSSR count). The van der Waals surface area contributed by atoms with Crippen LogP contribution in [0.1, 0.15) is 0 Å². The van der Waals surface area contributed by atoms with Crippen LogP contribution >= 0.6 is 0 Å². The van der Waals surface area contributed by atoms with Gasteiger partial charge in [0.25, 0.3) is 0 Å². The van der Waals surface area contributed by atoms with E-state index in [-0.39, 0.29) is 0 Å². The Balaban J connectivity index is 0. The lowest BCUT2D eigenvalue weighted by Gasteiger charge is -2.19. The summed E-state index contributed by atoms with van der Waals surface area (Å²) in [7, 11) is 4.97. The first kappa shape index (κ1) is 18.6. The maximum absolute atomic E-state index is 5.00. The molecule has 6 nitrogen and oxygen atoms in total. The summed E-state index contributed by atoms with van der Waals surface area (Å²) in [6.07, 6.45) is 0. The molecule has 100 valence electrons. The fourth-order valence-corrected chi connectivity index (χ4v) is 1.75. The maximum Gasteiger partial charge on any atom is 0.678 e. The molecule has 0 fully saturated rings. The summed E-state index contributed by atoms with van der Waals surface area (Å²) in [6, 6.07) is 0. The van der Waals surface area contributed by atoms with E-state index in [1.807, 2.05) is 13.1 Å². The molecule has 0 aliphatic heterocycles. The first-order valence-electron chi connectivity index (χ1n) is 4.67. The Hall–Kier alpha value is 0.194. The molecule has 0 unspecified atom stereocenters. The van der Waals surface area contributed by atoms with Gasteiger partial charge in [-0.3, -0.25) is 0 Å². The first-order valence-corrected chi connectivity index (χ1v) is 9.12. The molecule has 0 aromatic carbocycles. The Labute approximate surface area is 100 Å². The van der Waals surface area contributed by atoms with Gasteiger partial charge >= 0.3 is 17.6 Å². The molecule has 0 aliphatic rings. The van der Waals surface area contributed by atoms with Crippen molar-refractivity contribution in [2.24, 2.45) is 0 Å². The molecule has 0 saturated heterocycles. The molecular formula is C8H24O6Si2. The van der Waals surface area contributed by atoms with Crippen molar-refractivity contribution < 1.29 is 26.6 Å². The third kappa shape index (κ3) is 7.46. The van der Waals surface area contributed by atoms with E-state index in [4.69, 9.17) is 26.6 Å². The monoisotopic (exact) mass is 272 g/mol. The number of rotatable bonds is 6. The summed E-state index contributed by atoms with van der Waals surface area (Å²) in [4.78, 5) is 0. The van der Waals surface area contributed by atoms with E-state index in [9.17, 15) is 0 Å². The van der Waals surface area contributed by atoms with Gasteiger partial charge in [0.2, 0.25) is 0 Å². The van der Waals surface area contributed by atoms with Gasteiger partial charge < -0.3 is 26.6 Å². The molecule has 0 amide bonds. The van der Waals surface area contributed by atoms with Gasteiger partial charge in [0.1, 0.15) is 0 Å². The van der Waals surface area contributed by atoms with Crippen LogP contribution in [0.25, 0.3) is 0 Å². The van der Waals surface area contributed by atoms with Crippen molar-refractivity contribution in [2.45, 2.75) is 13.1 Å². The topological polar surface area (TPSA) is 55.4 Å². The van der Waals surface area contributed by atoms with Crippen molar-refractivity contribution in [3.05, 3.63) is 0 Å². The van der Waals surface area contributed by atoms with Gasteiger partial charge in [0, 0.05) is 42.7 Å². The van der Waals surface area contributed by atoms with Gasteiger partial charge in [0.15, 0.2) is 0 Å². The van der Waals surface area contributed by atoms with Crippen molar-refractivity contribution in [1.29, 1.82) is 0 Å². The lowest BCUT2D eigenvalue weighted by atomic mass is 11.8. The molecule has 0 radical (unpaired) electrons. The molecule has 8 heteroatoms. The highest BCUT2D eigenvalue weighted by atomic mass is 28.4. The fourth-order valence-electron chi connectivity index (χ4n) is 0.583. The standard InChI is InChI=1S/C4H12O4Si.C4H12O2Si/c1-5-9(6-2,7-3)8-4;1-5-7(3,4)6-2/h1-4H3;1-4H3. The highest BCUT2D eigenvalue weighted by Gasteiger charge is 2.40. The Morgan fingerprint density at radius 3 is 0.750 bits per heavy atom. The largest absolute Gasteiger partial charge is 0.678 e. The molecule has 0 aromatic heterocycles. The number of hydrogen-bond acceptors (Lipinski definition) is 6. The van der Waals surface area contributed by atoms with Crippen molar-refractivity contribution in [3.8, 4) is 0 Å². The maximum atomic E-state index is 5.00. The van der Waals surface area contributed by atoms with E-state index in [1.165, 1.54) is 28.4 Å². The predicted molar refractivity (Wildman–Crippen MR) is 65.3 cm³/mol. The van der Waals surface area contributed by atoms with Gasteiger partial charge in [-0.2, -0.15) is 0 Å². The second kappa shape index (κ2) is 9.25. The van der Waals surface area contributed by atoms with Gasteiger partial charge in [0.05, 0.1) is 0 Å². The third-order valence-corrected chi connectivity index (χ3v) is 5.95. The molecule has 16 heavy (non-hydrogen) atoms. The summed E-state index contributed by atoms with van der Waals surface area (Å²) in [5.74, 6) is 0. The Morgan fingerprint density at radius 2 is 0.750 bits per heavy atom. The van der Waals surface area contributed by atoms with Crippen molar-refractivity contribution in [2.75, 3.05) is 42.7 Å². The summed E-state index contributed by atoms with van der Waals surface area (Å²) >= 11 is 0. The average molecular weight is 272 g/mol. The fraction of sp³-hybridized carbons (Fsp3) is 1.00. The Kier molecular flexibility index (Phi) is 10.7. The summed E-state index contributed by atoms with van der Waals surface area (Å²) < 4.78 is 29.4. The van der Waals surface area contributed by atoms with Crippen LogP contribution in [-0.2, 0) is 26.6 Å². The van der Waals surface area contributed by atoms with Crippen molar-refractivity contribution >= 4 is 17.6 Å². The van der Waals surface area contributed by atoms with Crippen LogP contribution in [0.3, 0.4) is 0 Å². The molecule has 0 spiro atoms. The van der Waals surface area contributed by atoms with Crippen LogP contribution in [0.2, 0.25) is 13.1 Å². The van der Waals surface area contributed by atoms with Crippen molar-refractivity contribution in [3.63, 3.8) is 0 Å². The molecule has 0 heterocycles. The predicted octanol–water partition coefficient (Wildman–Crippen LogP) is 0.989. The molecular weight excluding hydrogens is 248 g/mol. The Morgan fingerprint density at radius 1 is 0.500 bits per heavy atom. The third-order valence-electron chi connectivity index (χ3n) is 1.98. The van der Waals surface area contributed by atoms with Gasteiger partial charge in [-0.1, -0.05) is 0 Å². The van der Waals surface area contributed by atoms with Crippen LogP contribution in [0.15, 0.2) is 0 Å². The molecule has 0 atom stereocenters. The molecule has 0 aliphatic carbocycles. The van der Waals surface area contributed by atoms with Gasteiger partial charge in [-0.15, -0.1) is 0 Å². The average Bonchev–Trinajstić information content (AvgIpc) is 2.34. The zero-order valence-corrected chi connectivity index (χ0v) is 13.4. The quantitative estimate of drug-likeness (QED) is 0.672. The molecule has 0 bridgehead atoms. The van der Waals surface area contributed by atoms with E-state index in [1.54, 1.807) is 14.2 Å². The van der Waals surface area contributed by atoms with E-state index < -0.39 is 17.6 Å². The lowest BCUT2D eigenvalue weighted by Crippen LogP contribution is -2.45. The van der Waals surface area contributed by atoms with Gasteiger partial charge in [-0.25, -0.2) is 0 Å². The van der Waals surface area contributed by atoms with Crippen LogP contribution in [0.5, 0.6) is 0 Å². The zero-order chi connectivity index (χ0) is 13.2. The SMILES string of the molecule is CO[Si](C)(C)OC.CO[Si](OC)(OC)OC. The second-order valence-electron chi connectivity index (χ2n) is 3.12. The first-order chi connectivity index (χ1) is 7.36. The van der Waals surface area contributed by atoms with Gasteiger partial charge in [-0.05, 0) is 13.1 Å². The minimum absolute atomic E-state index is 1.49. The van der Waals surface area contributed by atoms with Crippen LogP contribution in [-0.4, -0.2) is 60.3 Å². The highest BCUT2D eigenvalue weighted by Crippen LogP contribution is 2.04. The highest BCUT2D eigenvalue weighted by molar-refractivity contribution is 6.64. The minimum atomic E-state index is -2.69. The van der Waals surface area contributed by atoms with E-state index in [0.717, 1.165) is 0 Å². The van der Waals surface area contributed by atoms with E-state index in [2.05, 4.69) is 0 Å². The normalized spacial score (nSPS) is 12.0. The molecule has 0 aromatic rings. The van der Waals surface area contributed by atoms with Crippen LogP contribution < -0.4 is 0 Å². The van der Waals surface area contributed by atoms with Crippen LogP contribution in [0, 0.1) is 0 Å². The summed E-state index contributed by atoms with van der Waals surface area (Å²) in [5, 5.41) is 0.